The van der Waals surface area contributed by atoms with Crippen LogP contribution in [0.25, 0.3) is 0 Å². The van der Waals surface area contributed by atoms with Crippen LogP contribution in [-0.4, -0.2) is 40.9 Å². The molecule has 0 amide bonds. The van der Waals surface area contributed by atoms with Crippen LogP contribution in [0, 0.1) is 0 Å². The van der Waals surface area contributed by atoms with E-state index in [1.54, 1.807) is 24.3 Å². The second kappa shape index (κ2) is 9.29. The fourth-order valence-electron chi connectivity index (χ4n) is 2.29. The number of aliphatic carboxylic acids is 1. The highest BCUT2D eigenvalue weighted by Crippen LogP contribution is 2.12. The minimum absolute atomic E-state index is 0.324. The van der Waals surface area contributed by atoms with Gasteiger partial charge in [0.2, 0.25) is 0 Å². The average Bonchev–Trinajstić information content (AvgIpc) is 2.50. The zero-order valence-electron chi connectivity index (χ0n) is 12.9. The molecule has 1 aromatic rings. The molecule has 0 aliphatic carbocycles. The Morgan fingerprint density at radius 2 is 1.57 bits per heavy atom. The molecule has 21 heavy (non-hydrogen) atoms. The number of hydrogen-bond acceptors (Lipinski definition) is 3. The summed E-state index contributed by atoms with van der Waals surface area (Å²) in [5.74, 6) is -1.38. The Kier molecular flexibility index (Phi) is 7.69. The van der Waals surface area contributed by atoms with E-state index in [1.807, 2.05) is 11.0 Å². The monoisotopic (exact) mass is 291 g/mol. The second-order valence-corrected chi connectivity index (χ2v) is 5.21. The van der Waals surface area contributed by atoms with Gasteiger partial charge in [-0.3, -0.25) is 14.5 Å². The van der Waals surface area contributed by atoms with Crippen molar-refractivity contribution in [1.82, 2.24) is 4.90 Å². The van der Waals surface area contributed by atoms with Gasteiger partial charge < -0.3 is 5.11 Å². The fourth-order valence-corrected chi connectivity index (χ4v) is 2.29. The maximum absolute atomic E-state index is 12.5. The SMILES string of the molecule is CCCCN(CCCC)C(C(=O)O)C(=O)c1ccccc1. The van der Waals surface area contributed by atoms with Crippen molar-refractivity contribution >= 4 is 11.8 Å². The standard InChI is InChI=1S/C17H25NO3/c1-3-5-12-18(13-6-4-2)15(17(20)21)16(19)14-10-8-7-9-11-14/h7-11,15H,3-6,12-13H2,1-2H3,(H,20,21). The van der Waals surface area contributed by atoms with Crippen LogP contribution in [0.3, 0.4) is 0 Å². The molecule has 4 nitrogen and oxygen atoms in total. The maximum Gasteiger partial charge on any atom is 0.329 e. The number of carbonyl (C=O) groups is 2. The molecular formula is C17H25NO3. The lowest BCUT2D eigenvalue weighted by Crippen LogP contribution is -2.47. The Labute approximate surface area is 126 Å². The topological polar surface area (TPSA) is 57.6 Å². The molecule has 1 rings (SSSR count). The molecule has 0 aliphatic rings. The molecule has 1 aromatic carbocycles. The Hall–Kier alpha value is -1.68. The van der Waals surface area contributed by atoms with Crippen molar-refractivity contribution in [3.8, 4) is 0 Å². The van der Waals surface area contributed by atoms with Crippen molar-refractivity contribution in [3.63, 3.8) is 0 Å². The van der Waals surface area contributed by atoms with Crippen LogP contribution in [-0.2, 0) is 4.79 Å². The van der Waals surface area contributed by atoms with Gasteiger partial charge in [0.05, 0.1) is 0 Å². The average molecular weight is 291 g/mol. The number of nitrogens with zero attached hydrogens (tertiary/aromatic N) is 1. The van der Waals surface area contributed by atoms with E-state index < -0.39 is 12.0 Å². The smallest absolute Gasteiger partial charge is 0.329 e. The molecule has 0 aliphatic heterocycles. The lowest BCUT2D eigenvalue weighted by atomic mass is 10.0. The molecule has 1 N–H and O–H groups in total. The highest BCUT2D eigenvalue weighted by molar-refractivity contribution is 6.11. The number of ketones is 1. The van der Waals surface area contributed by atoms with Gasteiger partial charge in [0.15, 0.2) is 11.8 Å². The van der Waals surface area contributed by atoms with Gasteiger partial charge in [0, 0.05) is 5.56 Å². The zero-order valence-corrected chi connectivity index (χ0v) is 12.9. The van der Waals surface area contributed by atoms with Crippen LogP contribution in [0.15, 0.2) is 30.3 Å². The summed E-state index contributed by atoms with van der Waals surface area (Å²) in [5, 5.41) is 9.51. The number of rotatable bonds is 10. The lowest BCUT2D eigenvalue weighted by molar-refractivity contribution is -0.141. The fraction of sp³-hybridized carbons (Fsp3) is 0.529. The molecule has 1 unspecified atom stereocenters. The van der Waals surface area contributed by atoms with Crippen LogP contribution in [0.1, 0.15) is 49.9 Å². The van der Waals surface area contributed by atoms with E-state index in [0.717, 1.165) is 25.7 Å². The van der Waals surface area contributed by atoms with Crippen LogP contribution in [0.5, 0.6) is 0 Å². The van der Waals surface area contributed by atoms with Gasteiger partial charge in [-0.05, 0) is 25.9 Å². The molecule has 0 heterocycles. The van der Waals surface area contributed by atoms with Crippen LogP contribution in [0.2, 0.25) is 0 Å². The van der Waals surface area contributed by atoms with Gasteiger partial charge in [-0.2, -0.15) is 0 Å². The minimum atomic E-state index is -1.08. The third-order valence-electron chi connectivity index (χ3n) is 3.50. The van der Waals surface area contributed by atoms with Crippen molar-refractivity contribution in [2.45, 2.75) is 45.6 Å². The molecule has 0 aromatic heterocycles. The van der Waals surface area contributed by atoms with Crippen molar-refractivity contribution in [1.29, 1.82) is 0 Å². The zero-order chi connectivity index (χ0) is 15.7. The largest absolute Gasteiger partial charge is 0.480 e. The highest BCUT2D eigenvalue weighted by Gasteiger charge is 2.32. The summed E-state index contributed by atoms with van der Waals surface area (Å²) < 4.78 is 0. The molecule has 116 valence electrons. The normalized spacial score (nSPS) is 12.3. The van der Waals surface area contributed by atoms with Gasteiger partial charge in [-0.15, -0.1) is 0 Å². The third kappa shape index (κ3) is 5.31. The van der Waals surface area contributed by atoms with E-state index >= 15 is 0 Å². The number of carboxylic acid groups (broad SMARTS) is 1. The predicted molar refractivity (Wildman–Crippen MR) is 83.6 cm³/mol. The van der Waals surface area contributed by atoms with Crippen LogP contribution in [0.4, 0.5) is 0 Å². The third-order valence-corrected chi connectivity index (χ3v) is 3.50. The number of carboxylic acids is 1. The number of benzene rings is 1. The van der Waals surface area contributed by atoms with Crippen molar-refractivity contribution in [2.75, 3.05) is 13.1 Å². The Bertz CT molecular complexity index is 437. The first-order valence-electron chi connectivity index (χ1n) is 7.67. The summed E-state index contributed by atoms with van der Waals surface area (Å²) in [4.78, 5) is 26.0. The lowest BCUT2D eigenvalue weighted by Gasteiger charge is -2.27. The number of carbonyl (C=O) groups excluding carboxylic acids is 1. The molecule has 0 bridgehead atoms. The highest BCUT2D eigenvalue weighted by atomic mass is 16.4. The Morgan fingerprint density at radius 3 is 2.00 bits per heavy atom. The van der Waals surface area contributed by atoms with Gasteiger partial charge >= 0.3 is 5.97 Å². The molecule has 4 heteroatoms. The molecule has 0 fully saturated rings. The first-order valence-corrected chi connectivity index (χ1v) is 7.67. The van der Waals surface area contributed by atoms with E-state index in [2.05, 4.69) is 13.8 Å². The predicted octanol–water partition coefficient (Wildman–Crippen LogP) is 3.22. The summed E-state index contributed by atoms with van der Waals surface area (Å²) in [6.07, 6.45) is 3.76. The summed E-state index contributed by atoms with van der Waals surface area (Å²) in [6.45, 7) is 5.41. The van der Waals surface area contributed by atoms with Gasteiger partial charge in [-0.25, -0.2) is 0 Å². The Balaban J connectivity index is 2.94. The van der Waals surface area contributed by atoms with E-state index in [-0.39, 0.29) is 5.78 Å². The molecular weight excluding hydrogens is 266 g/mol. The first-order chi connectivity index (χ1) is 10.1. The second-order valence-electron chi connectivity index (χ2n) is 5.21. The summed E-state index contributed by atoms with van der Waals surface area (Å²) in [7, 11) is 0. The minimum Gasteiger partial charge on any atom is -0.480 e. The summed E-state index contributed by atoms with van der Waals surface area (Å²) in [6, 6.07) is 7.61. The quantitative estimate of drug-likeness (QED) is 0.531. The number of hydrogen-bond donors (Lipinski definition) is 1. The van der Waals surface area contributed by atoms with Crippen molar-refractivity contribution < 1.29 is 14.7 Å². The van der Waals surface area contributed by atoms with Gasteiger partial charge in [-0.1, -0.05) is 57.0 Å². The maximum atomic E-state index is 12.5. The number of Topliss-reactive ketones (excluding diaryl/α,β-unsaturated/α-hetero) is 1. The Morgan fingerprint density at radius 1 is 1.05 bits per heavy atom. The molecule has 0 saturated carbocycles. The van der Waals surface area contributed by atoms with E-state index in [9.17, 15) is 14.7 Å². The van der Waals surface area contributed by atoms with E-state index in [1.165, 1.54) is 0 Å². The van der Waals surface area contributed by atoms with Gasteiger partial charge in [0.1, 0.15) is 0 Å². The molecule has 0 spiro atoms. The van der Waals surface area contributed by atoms with Crippen molar-refractivity contribution in [2.24, 2.45) is 0 Å². The molecule has 0 radical (unpaired) electrons. The summed E-state index contributed by atoms with van der Waals surface area (Å²) in [5.41, 5.74) is 0.461. The summed E-state index contributed by atoms with van der Waals surface area (Å²) >= 11 is 0. The molecule has 1 atom stereocenters. The van der Waals surface area contributed by atoms with Crippen LogP contribution < -0.4 is 0 Å². The first kappa shape index (κ1) is 17.4. The molecule has 0 saturated heterocycles. The number of unbranched alkanes of at least 4 members (excludes halogenated alkanes) is 2. The van der Waals surface area contributed by atoms with Crippen molar-refractivity contribution in [3.05, 3.63) is 35.9 Å². The van der Waals surface area contributed by atoms with E-state index in [4.69, 9.17) is 0 Å². The van der Waals surface area contributed by atoms with Crippen LogP contribution >= 0.6 is 0 Å². The van der Waals surface area contributed by atoms with Gasteiger partial charge in [0.25, 0.3) is 0 Å². The van der Waals surface area contributed by atoms with E-state index in [0.29, 0.717) is 18.7 Å².